The Labute approximate surface area is 131 Å². The van der Waals surface area contributed by atoms with Crippen molar-refractivity contribution >= 4 is 11.6 Å². The van der Waals surface area contributed by atoms with Crippen LogP contribution < -0.4 is 4.90 Å². The van der Waals surface area contributed by atoms with Crippen LogP contribution in [0.5, 0.6) is 0 Å². The fourth-order valence-corrected chi connectivity index (χ4v) is 2.29. The van der Waals surface area contributed by atoms with Gasteiger partial charge >= 0.3 is 0 Å². The van der Waals surface area contributed by atoms with Crippen molar-refractivity contribution in [1.82, 2.24) is 0 Å². The Kier molecular flexibility index (Phi) is 5.32. The molecule has 0 saturated carbocycles. The second-order valence-corrected chi connectivity index (χ2v) is 5.28. The maximum absolute atomic E-state index is 12.3. The van der Waals surface area contributed by atoms with E-state index in [1.54, 1.807) is 30.1 Å². The molecule has 0 aliphatic heterocycles. The van der Waals surface area contributed by atoms with Gasteiger partial charge in [0.2, 0.25) is 5.91 Å². The molecule has 2 aromatic rings. The lowest BCUT2D eigenvalue weighted by Crippen LogP contribution is -2.26. The number of nitriles is 1. The summed E-state index contributed by atoms with van der Waals surface area (Å²) < 4.78 is 0. The minimum atomic E-state index is 0.0506. The summed E-state index contributed by atoms with van der Waals surface area (Å²) in [4.78, 5) is 13.9. The zero-order valence-electron chi connectivity index (χ0n) is 13.0. The van der Waals surface area contributed by atoms with E-state index in [-0.39, 0.29) is 5.91 Å². The number of amides is 1. The highest BCUT2D eigenvalue weighted by Gasteiger charge is 2.11. The molecule has 0 heterocycles. The average Bonchev–Trinajstić information content (AvgIpc) is 2.59. The Balaban J connectivity index is 1.97. The number of hydrogen-bond acceptors (Lipinski definition) is 2. The van der Waals surface area contributed by atoms with Crippen molar-refractivity contribution < 1.29 is 4.79 Å². The summed E-state index contributed by atoms with van der Waals surface area (Å²) in [6.07, 6.45) is 2.21. The zero-order valence-corrected chi connectivity index (χ0v) is 13.0. The second kappa shape index (κ2) is 7.42. The van der Waals surface area contributed by atoms with Crippen LogP contribution >= 0.6 is 0 Å². The van der Waals surface area contributed by atoms with E-state index >= 15 is 0 Å². The first-order valence-electron chi connectivity index (χ1n) is 7.48. The van der Waals surface area contributed by atoms with E-state index in [4.69, 9.17) is 5.26 Å². The quantitative estimate of drug-likeness (QED) is 0.843. The van der Waals surface area contributed by atoms with Gasteiger partial charge in [0, 0.05) is 19.2 Å². The number of nitrogens with zero attached hydrogens (tertiary/aromatic N) is 2. The van der Waals surface area contributed by atoms with Crippen molar-refractivity contribution in [3.8, 4) is 6.07 Å². The zero-order chi connectivity index (χ0) is 15.9. The van der Waals surface area contributed by atoms with Gasteiger partial charge in [0.25, 0.3) is 0 Å². The molecule has 2 aromatic carbocycles. The van der Waals surface area contributed by atoms with Crippen molar-refractivity contribution in [2.24, 2.45) is 0 Å². The highest BCUT2D eigenvalue weighted by molar-refractivity contribution is 5.93. The van der Waals surface area contributed by atoms with Crippen LogP contribution in [0.2, 0.25) is 0 Å². The largest absolute Gasteiger partial charge is 0.315 e. The molecule has 0 fully saturated rings. The van der Waals surface area contributed by atoms with Gasteiger partial charge in [-0.2, -0.15) is 5.26 Å². The van der Waals surface area contributed by atoms with E-state index in [2.05, 4.69) is 37.3 Å². The Morgan fingerprint density at radius 2 is 1.82 bits per heavy atom. The van der Waals surface area contributed by atoms with Crippen LogP contribution in [-0.2, 0) is 17.6 Å². The Morgan fingerprint density at radius 3 is 2.45 bits per heavy atom. The molecular formula is C19H20N2O. The van der Waals surface area contributed by atoms with Gasteiger partial charge in [0.05, 0.1) is 11.6 Å². The number of carbonyl (C=O) groups excluding carboxylic acids is 1. The van der Waals surface area contributed by atoms with Gasteiger partial charge in [0.1, 0.15) is 0 Å². The maximum Gasteiger partial charge on any atom is 0.227 e. The Bertz CT molecular complexity index is 683. The van der Waals surface area contributed by atoms with Gasteiger partial charge in [-0.3, -0.25) is 4.79 Å². The smallest absolute Gasteiger partial charge is 0.227 e. The molecule has 0 radical (unpaired) electrons. The number of benzene rings is 2. The van der Waals surface area contributed by atoms with Crippen LogP contribution in [0.1, 0.15) is 30.0 Å². The van der Waals surface area contributed by atoms with E-state index in [9.17, 15) is 4.79 Å². The normalized spacial score (nSPS) is 10.0. The summed E-state index contributed by atoms with van der Waals surface area (Å²) in [6.45, 7) is 2.13. The third-order valence-electron chi connectivity index (χ3n) is 3.80. The van der Waals surface area contributed by atoms with Gasteiger partial charge in [0.15, 0.2) is 0 Å². The SMILES string of the molecule is CCc1ccc(CCC(=O)N(C)c2cccc(C#N)c2)cc1. The minimum absolute atomic E-state index is 0.0506. The fraction of sp³-hybridized carbons (Fsp3) is 0.263. The Morgan fingerprint density at radius 1 is 1.14 bits per heavy atom. The molecule has 0 atom stereocenters. The summed E-state index contributed by atoms with van der Waals surface area (Å²) in [5.74, 6) is 0.0506. The first kappa shape index (κ1) is 15.8. The highest BCUT2D eigenvalue weighted by Crippen LogP contribution is 2.16. The highest BCUT2D eigenvalue weighted by atomic mass is 16.2. The summed E-state index contributed by atoms with van der Waals surface area (Å²) >= 11 is 0. The third kappa shape index (κ3) is 3.95. The second-order valence-electron chi connectivity index (χ2n) is 5.28. The molecular weight excluding hydrogens is 272 g/mol. The molecule has 22 heavy (non-hydrogen) atoms. The van der Waals surface area contributed by atoms with Gasteiger partial charge in [-0.15, -0.1) is 0 Å². The van der Waals surface area contributed by atoms with E-state index in [1.165, 1.54) is 11.1 Å². The number of carbonyl (C=O) groups is 1. The van der Waals surface area contributed by atoms with E-state index in [0.29, 0.717) is 12.0 Å². The predicted octanol–water partition coefficient (Wildman–Crippen LogP) is 3.72. The number of aryl methyl sites for hydroxylation is 2. The van der Waals surface area contributed by atoms with Crippen molar-refractivity contribution in [2.75, 3.05) is 11.9 Å². The van der Waals surface area contributed by atoms with E-state index < -0.39 is 0 Å². The molecule has 112 valence electrons. The van der Waals surface area contributed by atoms with Crippen LogP contribution in [0.25, 0.3) is 0 Å². The summed E-state index contributed by atoms with van der Waals surface area (Å²) in [5.41, 5.74) is 3.79. The number of rotatable bonds is 5. The Hall–Kier alpha value is -2.60. The van der Waals surface area contributed by atoms with E-state index in [1.807, 2.05) is 6.07 Å². The lowest BCUT2D eigenvalue weighted by Gasteiger charge is -2.17. The summed E-state index contributed by atoms with van der Waals surface area (Å²) in [7, 11) is 1.75. The first-order chi connectivity index (χ1) is 10.6. The van der Waals surface area contributed by atoms with Crippen LogP contribution in [0.4, 0.5) is 5.69 Å². The molecule has 0 unspecified atom stereocenters. The molecule has 2 rings (SSSR count). The van der Waals surface area contributed by atoms with Gasteiger partial charge in [-0.05, 0) is 42.2 Å². The fourth-order valence-electron chi connectivity index (χ4n) is 2.29. The third-order valence-corrected chi connectivity index (χ3v) is 3.80. The van der Waals surface area contributed by atoms with Gasteiger partial charge in [-0.1, -0.05) is 37.3 Å². The maximum atomic E-state index is 12.3. The molecule has 0 spiro atoms. The first-order valence-corrected chi connectivity index (χ1v) is 7.48. The molecule has 0 aliphatic rings. The molecule has 3 heteroatoms. The molecule has 0 aromatic heterocycles. The van der Waals surface area contributed by atoms with Crippen LogP contribution in [-0.4, -0.2) is 13.0 Å². The van der Waals surface area contributed by atoms with Crippen LogP contribution in [0.15, 0.2) is 48.5 Å². The molecule has 0 saturated heterocycles. The van der Waals surface area contributed by atoms with Crippen LogP contribution in [0.3, 0.4) is 0 Å². The lowest BCUT2D eigenvalue weighted by atomic mass is 10.1. The van der Waals surface area contributed by atoms with Gasteiger partial charge < -0.3 is 4.90 Å². The average molecular weight is 292 g/mol. The van der Waals surface area contributed by atoms with Gasteiger partial charge in [-0.25, -0.2) is 0 Å². The van der Waals surface area contributed by atoms with E-state index in [0.717, 1.165) is 18.5 Å². The van der Waals surface area contributed by atoms with Crippen molar-refractivity contribution in [3.05, 3.63) is 65.2 Å². The minimum Gasteiger partial charge on any atom is -0.315 e. The molecule has 3 nitrogen and oxygen atoms in total. The molecule has 1 amide bonds. The van der Waals surface area contributed by atoms with Crippen molar-refractivity contribution in [3.63, 3.8) is 0 Å². The monoisotopic (exact) mass is 292 g/mol. The number of anilines is 1. The predicted molar refractivity (Wildman–Crippen MR) is 88.7 cm³/mol. The number of hydrogen-bond donors (Lipinski definition) is 0. The topological polar surface area (TPSA) is 44.1 Å². The molecule has 0 bridgehead atoms. The summed E-state index contributed by atoms with van der Waals surface area (Å²) in [5, 5.41) is 8.92. The molecule has 0 aliphatic carbocycles. The molecule has 0 N–H and O–H groups in total. The van der Waals surface area contributed by atoms with Crippen LogP contribution in [0, 0.1) is 11.3 Å². The lowest BCUT2D eigenvalue weighted by molar-refractivity contribution is -0.118. The standard InChI is InChI=1S/C19H20N2O/c1-3-15-7-9-16(10-8-15)11-12-19(22)21(2)18-6-4-5-17(13-18)14-20/h4-10,13H,3,11-12H2,1-2H3. The van der Waals surface area contributed by atoms with Crippen molar-refractivity contribution in [1.29, 1.82) is 5.26 Å². The summed E-state index contributed by atoms with van der Waals surface area (Å²) in [6, 6.07) is 17.6. The van der Waals surface area contributed by atoms with Crippen molar-refractivity contribution in [2.45, 2.75) is 26.2 Å².